The van der Waals surface area contributed by atoms with Crippen molar-refractivity contribution in [2.75, 3.05) is 18.0 Å². The van der Waals surface area contributed by atoms with Crippen LogP contribution in [0.15, 0.2) is 70.3 Å². The SMILES string of the molecule is Cc1ccc(N2CCC[C@H](N(Cc3ccnc(C)c3)Cc3cn(C)c4c(Br)cccc4c3=O)C2)cn1.S. The van der Waals surface area contributed by atoms with E-state index >= 15 is 0 Å². The zero-order chi connectivity index (χ0) is 25.2. The van der Waals surface area contributed by atoms with Gasteiger partial charge in [-0.25, -0.2) is 0 Å². The Labute approximate surface area is 233 Å². The lowest BCUT2D eigenvalue weighted by Crippen LogP contribution is -2.48. The number of anilines is 1. The normalized spacial score (nSPS) is 15.7. The predicted octanol–water partition coefficient (Wildman–Crippen LogP) is 5.49. The Bertz CT molecular complexity index is 1440. The summed E-state index contributed by atoms with van der Waals surface area (Å²) in [5.74, 6) is 0. The molecule has 6 nitrogen and oxygen atoms in total. The first kappa shape index (κ1) is 27.4. The van der Waals surface area contributed by atoms with Crippen LogP contribution in [-0.2, 0) is 20.1 Å². The summed E-state index contributed by atoms with van der Waals surface area (Å²) in [6.07, 6.45) is 8.06. The van der Waals surface area contributed by atoms with Gasteiger partial charge in [0, 0.05) is 78.5 Å². The topological polar surface area (TPSA) is 54.3 Å². The average molecular weight is 581 g/mol. The third-order valence-corrected chi connectivity index (χ3v) is 7.76. The Morgan fingerprint density at radius 1 is 1.08 bits per heavy atom. The lowest BCUT2D eigenvalue weighted by atomic mass is 10.0. The highest BCUT2D eigenvalue weighted by Crippen LogP contribution is 2.26. The number of aryl methyl sites for hydroxylation is 3. The molecular weight excluding hydrogens is 546 g/mol. The molecule has 0 unspecified atom stereocenters. The molecule has 0 amide bonds. The highest BCUT2D eigenvalue weighted by molar-refractivity contribution is 9.10. The zero-order valence-corrected chi connectivity index (χ0v) is 24.2. The summed E-state index contributed by atoms with van der Waals surface area (Å²) >= 11 is 3.62. The van der Waals surface area contributed by atoms with Gasteiger partial charge in [-0.05, 0) is 84.6 Å². The van der Waals surface area contributed by atoms with Crippen LogP contribution in [-0.4, -0.2) is 38.6 Å². The van der Waals surface area contributed by atoms with Crippen LogP contribution in [0.25, 0.3) is 10.9 Å². The smallest absolute Gasteiger partial charge is 0.193 e. The Balaban J connectivity index is 0.00000320. The predicted molar refractivity (Wildman–Crippen MR) is 160 cm³/mol. The molecule has 1 atom stereocenters. The van der Waals surface area contributed by atoms with Crippen molar-refractivity contribution < 1.29 is 0 Å². The van der Waals surface area contributed by atoms with Gasteiger partial charge < -0.3 is 9.47 Å². The van der Waals surface area contributed by atoms with E-state index in [9.17, 15) is 4.79 Å². The molecule has 3 aromatic heterocycles. The van der Waals surface area contributed by atoms with Gasteiger partial charge >= 0.3 is 0 Å². The number of halogens is 1. The second-order valence-corrected chi connectivity index (χ2v) is 10.7. The molecule has 1 aliphatic rings. The highest BCUT2D eigenvalue weighted by atomic mass is 79.9. The summed E-state index contributed by atoms with van der Waals surface area (Å²) in [5.41, 5.74) is 6.28. The summed E-state index contributed by atoms with van der Waals surface area (Å²) in [6, 6.07) is 14.6. The Morgan fingerprint density at radius 2 is 1.92 bits per heavy atom. The third-order valence-electron chi connectivity index (χ3n) is 7.12. The fourth-order valence-electron chi connectivity index (χ4n) is 5.30. The first-order valence-corrected chi connectivity index (χ1v) is 13.3. The van der Waals surface area contributed by atoms with E-state index in [0.29, 0.717) is 12.6 Å². The first-order chi connectivity index (χ1) is 17.4. The third kappa shape index (κ3) is 6.08. The molecule has 1 aliphatic heterocycles. The minimum absolute atomic E-state index is 0. The number of benzene rings is 1. The van der Waals surface area contributed by atoms with Crippen LogP contribution in [0.5, 0.6) is 0 Å². The number of rotatable bonds is 6. The molecule has 5 rings (SSSR count). The summed E-state index contributed by atoms with van der Waals surface area (Å²) in [7, 11) is 2.01. The number of hydrogen-bond donors (Lipinski definition) is 0. The highest BCUT2D eigenvalue weighted by Gasteiger charge is 2.27. The van der Waals surface area contributed by atoms with Crippen molar-refractivity contribution in [3.63, 3.8) is 0 Å². The molecule has 8 heteroatoms. The van der Waals surface area contributed by atoms with Gasteiger partial charge in [0.25, 0.3) is 0 Å². The molecule has 0 N–H and O–H groups in total. The van der Waals surface area contributed by atoms with Crippen LogP contribution in [0.3, 0.4) is 0 Å². The van der Waals surface area contributed by atoms with E-state index in [2.05, 4.69) is 64.5 Å². The Hall–Kier alpha value is -2.68. The lowest BCUT2D eigenvalue weighted by Gasteiger charge is -2.40. The second-order valence-electron chi connectivity index (χ2n) is 9.84. The van der Waals surface area contributed by atoms with Crippen LogP contribution in [0.4, 0.5) is 5.69 Å². The molecule has 4 aromatic rings. The lowest BCUT2D eigenvalue weighted by molar-refractivity contribution is 0.158. The minimum atomic E-state index is 0. The number of para-hydroxylation sites is 1. The van der Waals surface area contributed by atoms with Crippen molar-refractivity contribution in [3.05, 3.63) is 98.3 Å². The van der Waals surface area contributed by atoms with E-state index in [1.807, 2.05) is 57.7 Å². The van der Waals surface area contributed by atoms with Crippen molar-refractivity contribution in [3.8, 4) is 0 Å². The van der Waals surface area contributed by atoms with E-state index in [1.165, 1.54) is 5.56 Å². The van der Waals surface area contributed by atoms with Crippen molar-refractivity contribution in [1.82, 2.24) is 19.4 Å². The molecule has 194 valence electrons. The number of aromatic nitrogens is 3. The van der Waals surface area contributed by atoms with E-state index in [4.69, 9.17) is 0 Å². The number of hydrogen-bond acceptors (Lipinski definition) is 5. The van der Waals surface area contributed by atoms with Crippen molar-refractivity contribution in [2.24, 2.45) is 7.05 Å². The van der Waals surface area contributed by atoms with Crippen molar-refractivity contribution in [1.29, 1.82) is 0 Å². The molecular formula is C29H34BrN5OS. The number of fused-ring (bicyclic) bond motifs is 1. The van der Waals surface area contributed by atoms with Crippen molar-refractivity contribution in [2.45, 2.75) is 45.8 Å². The van der Waals surface area contributed by atoms with Gasteiger partial charge in [-0.3, -0.25) is 19.7 Å². The molecule has 1 aromatic carbocycles. The molecule has 4 heterocycles. The van der Waals surface area contributed by atoms with Gasteiger partial charge in [-0.2, -0.15) is 13.5 Å². The molecule has 37 heavy (non-hydrogen) atoms. The number of piperidine rings is 1. The van der Waals surface area contributed by atoms with Crippen LogP contribution in [0.2, 0.25) is 0 Å². The zero-order valence-electron chi connectivity index (χ0n) is 21.6. The van der Waals surface area contributed by atoms with E-state index in [-0.39, 0.29) is 18.9 Å². The molecule has 0 spiro atoms. The van der Waals surface area contributed by atoms with Crippen LogP contribution in [0, 0.1) is 13.8 Å². The van der Waals surface area contributed by atoms with Crippen LogP contribution in [0.1, 0.15) is 35.4 Å². The maximum Gasteiger partial charge on any atom is 0.193 e. The monoisotopic (exact) mass is 579 g/mol. The quantitative estimate of drug-likeness (QED) is 0.302. The fraction of sp³-hybridized carbons (Fsp3) is 0.345. The molecule has 1 fully saturated rings. The van der Waals surface area contributed by atoms with E-state index in [0.717, 1.165) is 70.5 Å². The van der Waals surface area contributed by atoms with Gasteiger partial charge in [-0.15, -0.1) is 0 Å². The van der Waals surface area contributed by atoms with Crippen LogP contribution >= 0.6 is 29.4 Å². The maximum absolute atomic E-state index is 13.6. The molecule has 0 bridgehead atoms. The molecule has 0 saturated carbocycles. The molecule has 1 saturated heterocycles. The number of pyridine rings is 3. The largest absolute Gasteiger partial charge is 0.369 e. The summed E-state index contributed by atoms with van der Waals surface area (Å²) in [4.78, 5) is 27.4. The Kier molecular flexibility index (Phi) is 8.72. The summed E-state index contributed by atoms with van der Waals surface area (Å²) < 4.78 is 3.00. The summed E-state index contributed by atoms with van der Waals surface area (Å²) in [5, 5.41) is 0.750. The fourth-order valence-corrected chi connectivity index (χ4v) is 5.95. The van der Waals surface area contributed by atoms with Gasteiger partial charge in [0.2, 0.25) is 0 Å². The van der Waals surface area contributed by atoms with Gasteiger partial charge in [-0.1, -0.05) is 6.07 Å². The average Bonchev–Trinajstić information content (AvgIpc) is 2.87. The van der Waals surface area contributed by atoms with E-state index in [1.54, 1.807) is 0 Å². The van der Waals surface area contributed by atoms with E-state index < -0.39 is 0 Å². The molecule has 0 radical (unpaired) electrons. The van der Waals surface area contributed by atoms with Gasteiger partial charge in [0.05, 0.1) is 17.4 Å². The Morgan fingerprint density at radius 3 is 2.68 bits per heavy atom. The van der Waals surface area contributed by atoms with Crippen LogP contribution < -0.4 is 10.3 Å². The summed E-state index contributed by atoms with van der Waals surface area (Å²) in [6.45, 7) is 7.35. The first-order valence-electron chi connectivity index (χ1n) is 12.5. The standard InChI is InChI=1S/C29H32BrN5O.H2S/c1-20-9-10-24(15-32-20)34-13-5-6-25(19-34)35(16-22-11-12-31-21(2)14-22)18-23-17-33(3)28-26(29(23)36)7-4-8-27(28)30;/h4,7-12,14-15,17,25H,5-6,13,16,18-19H2,1-3H3;1H2/t25-;/m0./s1. The number of nitrogens with zero attached hydrogens (tertiary/aromatic N) is 5. The van der Waals surface area contributed by atoms with Gasteiger partial charge in [0.1, 0.15) is 0 Å². The minimum Gasteiger partial charge on any atom is -0.369 e. The van der Waals surface area contributed by atoms with Crippen molar-refractivity contribution >= 4 is 46.0 Å². The maximum atomic E-state index is 13.6. The second kappa shape index (κ2) is 11.8. The van der Waals surface area contributed by atoms with Gasteiger partial charge in [0.15, 0.2) is 5.43 Å². The molecule has 0 aliphatic carbocycles.